The molecule has 0 aliphatic heterocycles. The third-order valence-electron chi connectivity index (χ3n) is 3.43. The van der Waals surface area contributed by atoms with Crippen LogP contribution in [0.2, 0.25) is 0 Å². The predicted octanol–water partition coefficient (Wildman–Crippen LogP) is 1.60. The minimum absolute atomic E-state index is 0.0484. The van der Waals surface area contributed by atoms with Crippen LogP contribution in [0.5, 0.6) is 0 Å². The van der Waals surface area contributed by atoms with Crippen molar-refractivity contribution in [3.63, 3.8) is 0 Å². The van der Waals surface area contributed by atoms with E-state index in [0.717, 1.165) is 12.8 Å². The van der Waals surface area contributed by atoms with Crippen LogP contribution < -0.4 is 0 Å². The van der Waals surface area contributed by atoms with Crippen molar-refractivity contribution in [3.8, 4) is 6.07 Å². The Hall–Kier alpha value is -1.87. The predicted molar refractivity (Wildman–Crippen MR) is 79.5 cm³/mol. The van der Waals surface area contributed by atoms with Crippen LogP contribution in [-0.2, 0) is 9.84 Å². The van der Waals surface area contributed by atoms with Crippen LogP contribution in [0, 0.1) is 11.3 Å². The lowest BCUT2D eigenvalue weighted by Gasteiger charge is -2.29. The monoisotopic (exact) mass is 306 g/mol. The van der Waals surface area contributed by atoms with E-state index in [1.54, 1.807) is 36.1 Å². The van der Waals surface area contributed by atoms with Crippen molar-refractivity contribution in [2.45, 2.75) is 31.8 Å². The fourth-order valence-electron chi connectivity index (χ4n) is 2.47. The zero-order valence-corrected chi connectivity index (χ0v) is 12.9. The molecule has 1 amide bonds. The van der Waals surface area contributed by atoms with Gasteiger partial charge in [0.15, 0.2) is 0 Å². The molecule has 0 spiro atoms. The van der Waals surface area contributed by atoms with Gasteiger partial charge < -0.3 is 4.90 Å². The van der Waals surface area contributed by atoms with Gasteiger partial charge in [0.2, 0.25) is 0 Å². The SMILES string of the molecule is C[C@@H](CS(C)(=O)=O)N(C(=O)c1cccc(C#N)c1)C1CC1. The average Bonchev–Trinajstić information content (AvgIpc) is 3.21. The van der Waals surface area contributed by atoms with Gasteiger partial charge in [-0.25, -0.2) is 8.42 Å². The maximum atomic E-state index is 12.6. The first-order valence-corrected chi connectivity index (χ1v) is 8.88. The third kappa shape index (κ3) is 4.05. The normalized spacial score (nSPS) is 16.0. The molecule has 5 nitrogen and oxygen atoms in total. The van der Waals surface area contributed by atoms with Crippen molar-refractivity contribution >= 4 is 15.7 Å². The lowest BCUT2D eigenvalue weighted by Crippen LogP contribution is -2.43. The summed E-state index contributed by atoms with van der Waals surface area (Å²) < 4.78 is 22.9. The van der Waals surface area contributed by atoms with E-state index in [2.05, 4.69) is 0 Å². The fourth-order valence-corrected chi connectivity index (χ4v) is 3.50. The van der Waals surface area contributed by atoms with Gasteiger partial charge in [-0.1, -0.05) is 6.07 Å². The molecular formula is C15H18N2O3S. The summed E-state index contributed by atoms with van der Waals surface area (Å²) in [5.74, 6) is -0.251. The fraction of sp³-hybridized carbons (Fsp3) is 0.467. The Labute approximate surface area is 125 Å². The maximum absolute atomic E-state index is 12.6. The molecule has 0 radical (unpaired) electrons. The molecule has 6 heteroatoms. The molecule has 1 aromatic rings. The number of nitrogens with zero attached hydrogens (tertiary/aromatic N) is 2. The first kappa shape index (κ1) is 15.5. The lowest BCUT2D eigenvalue weighted by molar-refractivity contribution is 0.0692. The highest BCUT2D eigenvalue weighted by atomic mass is 32.2. The number of hydrogen-bond donors (Lipinski definition) is 0. The first-order chi connectivity index (χ1) is 9.81. The van der Waals surface area contributed by atoms with Gasteiger partial charge in [-0.05, 0) is 38.0 Å². The molecule has 0 N–H and O–H groups in total. The molecule has 1 aliphatic rings. The quantitative estimate of drug-likeness (QED) is 0.827. The molecule has 0 bridgehead atoms. The molecule has 1 fully saturated rings. The van der Waals surface area contributed by atoms with Crippen molar-refractivity contribution in [1.29, 1.82) is 5.26 Å². The molecule has 0 heterocycles. The van der Waals surface area contributed by atoms with Crippen LogP contribution in [0.1, 0.15) is 35.7 Å². The van der Waals surface area contributed by atoms with E-state index >= 15 is 0 Å². The van der Waals surface area contributed by atoms with Gasteiger partial charge in [-0.3, -0.25) is 4.79 Å². The Balaban J connectivity index is 2.25. The molecule has 1 aromatic carbocycles. The molecular weight excluding hydrogens is 288 g/mol. The number of carbonyl (C=O) groups excluding carboxylic acids is 1. The zero-order valence-electron chi connectivity index (χ0n) is 12.1. The van der Waals surface area contributed by atoms with Crippen LogP contribution >= 0.6 is 0 Å². The topological polar surface area (TPSA) is 78.2 Å². The van der Waals surface area contributed by atoms with Crippen molar-refractivity contribution in [3.05, 3.63) is 35.4 Å². The van der Waals surface area contributed by atoms with Gasteiger partial charge in [0.1, 0.15) is 9.84 Å². The summed E-state index contributed by atoms with van der Waals surface area (Å²) in [6.45, 7) is 1.76. The van der Waals surface area contributed by atoms with Crippen LogP contribution in [0.3, 0.4) is 0 Å². The highest BCUT2D eigenvalue weighted by Crippen LogP contribution is 2.30. The van der Waals surface area contributed by atoms with Gasteiger partial charge in [-0.2, -0.15) is 5.26 Å². The van der Waals surface area contributed by atoms with E-state index in [9.17, 15) is 13.2 Å². The number of rotatable bonds is 5. The first-order valence-electron chi connectivity index (χ1n) is 6.82. The summed E-state index contributed by atoms with van der Waals surface area (Å²) >= 11 is 0. The molecule has 2 rings (SSSR count). The number of benzene rings is 1. The van der Waals surface area contributed by atoms with Crippen molar-refractivity contribution in [1.82, 2.24) is 4.90 Å². The Bertz CT molecular complexity index is 687. The standard InChI is InChI=1S/C15H18N2O3S/c1-11(10-21(2,19)20)17(14-6-7-14)15(18)13-5-3-4-12(8-13)9-16/h3-5,8,11,14H,6-7,10H2,1-2H3/t11-/m0/s1. The van der Waals surface area contributed by atoms with Crippen LogP contribution in [0.15, 0.2) is 24.3 Å². The van der Waals surface area contributed by atoms with Crippen molar-refractivity contribution in [2.75, 3.05) is 12.0 Å². The Morgan fingerprint density at radius 2 is 2.14 bits per heavy atom. The van der Waals surface area contributed by atoms with Gasteiger partial charge in [0, 0.05) is 23.9 Å². The van der Waals surface area contributed by atoms with E-state index in [1.807, 2.05) is 6.07 Å². The Morgan fingerprint density at radius 3 is 2.67 bits per heavy atom. The van der Waals surface area contributed by atoms with Crippen molar-refractivity contribution in [2.24, 2.45) is 0 Å². The summed E-state index contributed by atoms with van der Waals surface area (Å²) in [7, 11) is -3.15. The zero-order chi connectivity index (χ0) is 15.6. The lowest BCUT2D eigenvalue weighted by atomic mass is 10.1. The summed E-state index contributed by atoms with van der Waals surface area (Å²) in [4.78, 5) is 14.3. The highest BCUT2D eigenvalue weighted by Gasteiger charge is 2.37. The van der Waals surface area contributed by atoms with E-state index in [4.69, 9.17) is 5.26 Å². The maximum Gasteiger partial charge on any atom is 0.254 e. The molecule has 1 aliphatic carbocycles. The molecule has 112 valence electrons. The number of sulfone groups is 1. The summed E-state index contributed by atoms with van der Waals surface area (Å²) in [5, 5.41) is 8.91. The van der Waals surface area contributed by atoms with E-state index in [0.29, 0.717) is 11.1 Å². The molecule has 0 saturated heterocycles. The van der Waals surface area contributed by atoms with Gasteiger partial charge in [0.25, 0.3) is 5.91 Å². The Morgan fingerprint density at radius 1 is 1.48 bits per heavy atom. The second-order valence-corrected chi connectivity index (χ2v) is 7.76. The van der Waals surface area contributed by atoms with E-state index in [-0.39, 0.29) is 23.7 Å². The number of carbonyl (C=O) groups is 1. The molecule has 1 saturated carbocycles. The minimum atomic E-state index is -3.15. The average molecular weight is 306 g/mol. The molecule has 21 heavy (non-hydrogen) atoms. The second kappa shape index (κ2) is 5.86. The molecule has 1 atom stereocenters. The minimum Gasteiger partial charge on any atom is -0.332 e. The van der Waals surface area contributed by atoms with Crippen LogP contribution in [0.25, 0.3) is 0 Å². The second-order valence-electron chi connectivity index (χ2n) is 5.58. The smallest absolute Gasteiger partial charge is 0.254 e. The van der Waals surface area contributed by atoms with E-state index < -0.39 is 9.84 Å². The van der Waals surface area contributed by atoms with Crippen LogP contribution in [0.4, 0.5) is 0 Å². The molecule has 0 aromatic heterocycles. The highest BCUT2D eigenvalue weighted by molar-refractivity contribution is 7.90. The summed E-state index contributed by atoms with van der Waals surface area (Å²) in [6, 6.07) is 8.26. The number of nitriles is 1. The van der Waals surface area contributed by atoms with Gasteiger partial charge >= 0.3 is 0 Å². The van der Waals surface area contributed by atoms with Gasteiger partial charge in [-0.15, -0.1) is 0 Å². The summed E-state index contributed by atoms with van der Waals surface area (Å²) in [5.41, 5.74) is 0.855. The third-order valence-corrected chi connectivity index (χ3v) is 4.52. The number of amides is 1. The van der Waals surface area contributed by atoms with E-state index in [1.165, 1.54) is 6.26 Å². The van der Waals surface area contributed by atoms with Crippen molar-refractivity contribution < 1.29 is 13.2 Å². The van der Waals surface area contributed by atoms with Gasteiger partial charge in [0.05, 0.1) is 17.4 Å². The number of hydrogen-bond acceptors (Lipinski definition) is 4. The molecule has 0 unspecified atom stereocenters. The Kier molecular flexibility index (Phi) is 4.33. The summed E-state index contributed by atoms with van der Waals surface area (Å²) in [6.07, 6.45) is 2.98. The van der Waals surface area contributed by atoms with Crippen LogP contribution in [-0.4, -0.2) is 43.3 Å². The largest absolute Gasteiger partial charge is 0.332 e.